The number of hydrogen-bond acceptors (Lipinski definition) is 7. The summed E-state index contributed by atoms with van der Waals surface area (Å²) in [4.78, 5) is 0. The molecule has 4 rings (SSSR count). The van der Waals surface area contributed by atoms with Crippen LogP contribution in [0.2, 0.25) is 0 Å². The van der Waals surface area contributed by atoms with Crippen molar-refractivity contribution in [3.63, 3.8) is 0 Å². The Morgan fingerprint density at radius 1 is 0.762 bits per heavy atom. The number of rotatable bonds is 17. The van der Waals surface area contributed by atoms with Gasteiger partial charge in [-0.3, -0.25) is 0 Å². The van der Waals surface area contributed by atoms with E-state index in [-0.39, 0.29) is 12.2 Å². The third-order valence-electron chi connectivity index (χ3n) is 7.38. The van der Waals surface area contributed by atoms with E-state index in [0.29, 0.717) is 46.0 Å². The Kier molecular flexibility index (Phi) is 13.0. The molecule has 5 unspecified atom stereocenters. The van der Waals surface area contributed by atoms with Gasteiger partial charge >= 0.3 is 0 Å². The summed E-state index contributed by atoms with van der Waals surface area (Å²) < 4.78 is 38.6. The van der Waals surface area contributed by atoms with Crippen molar-refractivity contribution in [3.05, 3.63) is 108 Å². The summed E-state index contributed by atoms with van der Waals surface area (Å²) in [6.07, 6.45) is -0.324. The molecule has 0 saturated carbocycles. The molecule has 0 spiro atoms. The summed E-state index contributed by atoms with van der Waals surface area (Å²) in [5, 5.41) is 0. The van der Waals surface area contributed by atoms with E-state index in [1.807, 2.05) is 73.7 Å². The maximum absolute atomic E-state index is 6.63. The summed E-state index contributed by atoms with van der Waals surface area (Å²) in [5.41, 5.74) is 8.38. The standard InChI is InChI=1S/C35H47NO6/c1-27(19-21-36)37-22-20-35(2,3)42-34-33(40-25-30-17-11-6-12-18-30)32(39-24-29-15-9-5-10-16-29)31(26-41-34)38-23-28-13-7-4-8-14-28/h4-18,27,31-34H,19-26,36H2,1-3H3. The van der Waals surface area contributed by atoms with Gasteiger partial charge in [0, 0.05) is 6.61 Å². The molecular formula is C35H47NO6. The molecule has 0 radical (unpaired) electrons. The van der Waals surface area contributed by atoms with E-state index in [0.717, 1.165) is 23.1 Å². The number of benzene rings is 3. The lowest BCUT2D eigenvalue weighted by Gasteiger charge is -2.44. The van der Waals surface area contributed by atoms with Crippen molar-refractivity contribution >= 4 is 0 Å². The van der Waals surface area contributed by atoms with Crippen LogP contribution in [0.3, 0.4) is 0 Å². The first-order chi connectivity index (χ1) is 20.4. The monoisotopic (exact) mass is 577 g/mol. The van der Waals surface area contributed by atoms with Crippen LogP contribution in [0.1, 0.15) is 50.3 Å². The lowest BCUT2D eigenvalue weighted by Crippen LogP contribution is -2.58. The summed E-state index contributed by atoms with van der Waals surface area (Å²) in [6.45, 7) is 8.91. The molecule has 1 saturated heterocycles. The fraction of sp³-hybridized carbons (Fsp3) is 0.486. The predicted octanol–water partition coefficient (Wildman–Crippen LogP) is 6.04. The van der Waals surface area contributed by atoms with Crippen LogP contribution in [0.5, 0.6) is 0 Å². The highest BCUT2D eigenvalue weighted by Crippen LogP contribution is 2.31. The van der Waals surface area contributed by atoms with E-state index in [2.05, 4.69) is 38.1 Å². The van der Waals surface area contributed by atoms with Gasteiger partial charge in [-0.15, -0.1) is 0 Å². The minimum atomic E-state index is -0.650. The number of nitrogens with two attached hydrogens (primary N) is 1. The average molecular weight is 578 g/mol. The lowest BCUT2D eigenvalue weighted by atomic mass is 10.0. The van der Waals surface area contributed by atoms with Crippen LogP contribution in [-0.4, -0.2) is 56.1 Å². The molecule has 0 aromatic heterocycles. The Morgan fingerprint density at radius 3 is 1.79 bits per heavy atom. The highest BCUT2D eigenvalue weighted by Gasteiger charge is 2.45. The highest BCUT2D eigenvalue weighted by molar-refractivity contribution is 5.15. The van der Waals surface area contributed by atoms with Crippen molar-refractivity contribution in [2.24, 2.45) is 5.73 Å². The molecule has 5 atom stereocenters. The van der Waals surface area contributed by atoms with Gasteiger partial charge in [0.05, 0.1) is 38.1 Å². The van der Waals surface area contributed by atoms with Gasteiger partial charge in [-0.1, -0.05) is 91.0 Å². The Bertz CT molecular complexity index is 1130. The van der Waals surface area contributed by atoms with Crippen molar-refractivity contribution in [2.45, 2.75) is 89.7 Å². The second-order valence-corrected chi connectivity index (χ2v) is 11.4. The zero-order chi connectivity index (χ0) is 29.6. The molecule has 1 fully saturated rings. The first-order valence-corrected chi connectivity index (χ1v) is 15.0. The van der Waals surface area contributed by atoms with Gasteiger partial charge in [0.1, 0.15) is 18.3 Å². The maximum Gasteiger partial charge on any atom is 0.187 e. The molecule has 42 heavy (non-hydrogen) atoms. The van der Waals surface area contributed by atoms with Crippen LogP contribution in [-0.2, 0) is 48.2 Å². The minimum Gasteiger partial charge on any atom is -0.378 e. The minimum absolute atomic E-state index is 0.108. The van der Waals surface area contributed by atoms with Gasteiger partial charge in [0.25, 0.3) is 0 Å². The van der Waals surface area contributed by atoms with Gasteiger partial charge in [-0.2, -0.15) is 0 Å². The summed E-state index contributed by atoms with van der Waals surface area (Å²) in [7, 11) is 0. The van der Waals surface area contributed by atoms with E-state index in [9.17, 15) is 0 Å². The van der Waals surface area contributed by atoms with Crippen LogP contribution < -0.4 is 5.73 Å². The lowest BCUT2D eigenvalue weighted by molar-refractivity contribution is -0.321. The Balaban J connectivity index is 1.51. The molecule has 0 amide bonds. The Morgan fingerprint density at radius 2 is 1.26 bits per heavy atom. The quantitative estimate of drug-likeness (QED) is 0.210. The number of ether oxygens (including phenoxy) is 6. The third kappa shape index (κ3) is 10.6. The molecule has 228 valence electrons. The molecule has 0 bridgehead atoms. The van der Waals surface area contributed by atoms with Gasteiger partial charge in [-0.05, 0) is 56.8 Å². The first kappa shape index (κ1) is 32.3. The molecule has 3 aromatic rings. The first-order valence-electron chi connectivity index (χ1n) is 15.0. The van der Waals surface area contributed by atoms with Crippen LogP contribution in [0.4, 0.5) is 0 Å². The largest absolute Gasteiger partial charge is 0.378 e. The van der Waals surface area contributed by atoms with Crippen LogP contribution in [0.25, 0.3) is 0 Å². The Labute approximate surface area is 251 Å². The molecule has 3 aromatic carbocycles. The molecular weight excluding hydrogens is 530 g/mol. The molecule has 2 N–H and O–H groups in total. The van der Waals surface area contributed by atoms with E-state index in [4.69, 9.17) is 34.2 Å². The van der Waals surface area contributed by atoms with Gasteiger partial charge < -0.3 is 34.2 Å². The zero-order valence-electron chi connectivity index (χ0n) is 25.2. The van der Waals surface area contributed by atoms with Crippen LogP contribution >= 0.6 is 0 Å². The van der Waals surface area contributed by atoms with E-state index >= 15 is 0 Å². The van der Waals surface area contributed by atoms with E-state index < -0.39 is 24.1 Å². The molecule has 1 aliphatic heterocycles. The smallest absolute Gasteiger partial charge is 0.187 e. The average Bonchev–Trinajstić information content (AvgIpc) is 3.00. The van der Waals surface area contributed by atoms with E-state index in [1.54, 1.807) is 0 Å². The predicted molar refractivity (Wildman–Crippen MR) is 164 cm³/mol. The molecule has 7 nitrogen and oxygen atoms in total. The maximum atomic E-state index is 6.63. The van der Waals surface area contributed by atoms with Crippen molar-refractivity contribution in [2.75, 3.05) is 19.8 Å². The van der Waals surface area contributed by atoms with Crippen molar-refractivity contribution in [1.82, 2.24) is 0 Å². The topological polar surface area (TPSA) is 81.4 Å². The van der Waals surface area contributed by atoms with Gasteiger partial charge in [0.15, 0.2) is 6.29 Å². The second-order valence-electron chi connectivity index (χ2n) is 11.4. The second kappa shape index (κ2) is 16.9. The van der Waals surface area contributed by atoms with Gasteiger partial charge in [-0.25, -0.2) is 0 Å². The Hall–Kier alpha value is -2.62. The van der Waals surface area contributed by atoms with E-state index in [1.165, 1.54) is 0 Å². The summed E-state index contributed by atoms with van der Waals surface area (Å²) >= 11 is 0. The molecule has 0 aliphatic carbocycles. The van der Waals surface area contributed by atoms with Crippen LogP contribution in [0, 0.1) is 0 Å². The highest BCUT2D eigenvalue weighted by atomic mass is 16.7. The van der Waals surface area contributed by atoms with Crippen molar-refractivity contribution in [3.8, 4) is 0 Å². The number of hydrogen-bond donors (Lipinski definition) is 1. The van der Waals surface area contributed by atoms with Crippen molar-refractivity contribution in [1.29, 1.82) is 0 Å². The third-order valence-corrected chi connectivity index (χ3v) is 7.38. The fourth-order valence-electron chi connectivity index (χ4n) is 4.87. The van der Waals surface area contributed by atoms with Crippen molar-refractivity contribution < 1.29 is 28.4 Å². The zero-order valence-corrected chi connectivity index (χ0v) is 25.2. The fourth-order valence-corrected chi connectivity index (χ4v) is 4.87. The van der Waals surface area contributed by atoms with Gasteiger partial charge in [0.2, 0.25) is 0 Å². The molecule has 1 heterocycles. The molecule has 1 aliphatic rings. The SMILES string of the molecule is CC(CCN)OCCC(C)(C)OC1OCC(OCc2ccccc2)C(OCc2ccccc2)C1OCc1ccccc1. The normalized spacial score (nSPS) is 21.7. The summed E-state index contributed by atoms with van der Waals surface area (Å²) in [5.74, 6) is 0. The summed E-state index contributed by atoms with van der Waals surface area (Å²) in [6, 6.07) is 30.4. The van der Waals surface area contributed by atoms with Crippen LogP contribution in [0.15, 0.2) is 91.0 Å². The molecule has 7 heteroatoms.